The zero-order valence-electron chi connectivity index (χ0n) is 19.8. The van der Waals surface area contributed by atoms with Crippen molar-refractivity contribution in [3.63, 3.8) is 0 Å². The number of hydrogen-bond donors (Lipinski definition) is 2. The normalized spacial score (nSPS) is 12.3. The number of hydrogen-bond acceptors (Lipinski definition) is 6. The number of alkyl carbamates (subject to hydrolysis) is 2. The van der Waals surface area contributed by atoms with E-state index in [4.69, 9.17) is 21.1 Å². The Labute approximate surface area is 203 Å². The van der Waals surface area contributed by atoms with Crippen molar-refractivity contribution in [1.29, 1.82) is 0 Å². The molecule has 1 atom stereocenters. The van der Waals surface area contributed by atoms with Crippen LogP contribution >= 0.6 is 11.6 Å². The van der Waals surface area contributed by atoms with Crippen molar-refractivity contribution >= 4 is 34.7 Å². The van der Waals surface area contributed by atoms with Crippen molar-refractivity contribution in [2.24, 2.45) is 7.05 Å². The van der Waals surface area contributed by atoms with Crippen molar-refractivity contribution < 1.29 is 19.1 Å². The van der Waals surface area contributed by atoms with Crippen LogP contribution in [0.15, 0.2) is 42.6 Å². The van der Waals surface area contributed by atoms with Crippen molar-refractivity contribution in [1.82, 2.24) is 25.4 Å². The molecule has 3 rings (SSSR count). The number of nitrogens with one attached hydrogen (secondary N) is 2. The molecular weight excluding hydrogens is 458 g/mol. The summed E-state index contributed by atoms with van der Waals surface area (Å²) in [4.78, 5) is 28.8. The van der Waals surface area contributed by atoms with Crippen LogP contribution in [0.5, 0.6) is 0 Å². The van der Waals surface area contributed by atoms with Gasteiger partial charge in [-0.3, -0.25) is 4.68 Å². The molecule has 182 valence electrons. The summed E-state index contributed by atoms with van der Waals surface area (Å²) < 4.78 is 12.4. The molecule has 0 fully saturated rings. The van der Waals surface area contributed by atoms with Crippen LogP contribution in [0, 0.1) is 0 Å². The summed E-state index contributed by atoms with van der Waals surface area (Å²) in [5, 5.41) is 11.0. The van der Waals surface area contributed by atoms with Crippen LogP contribution in [0.4, 0.5) is 9.59 Å². The molecule has 0 aliphatic carbocycles. The van der Waals surface area contributed by atoms with Crippen molar-refractivity contribution in [2.75, 3.05) is 6.61 Å². The Morgan fingerprint density at radius 1 is 1.18 bits per heavy atom. The Balaban J connectivity index is 1.50. The van der Waals surface area contributed by atoms with Gasteiger partial charge in [-0.15, -0.1) is 0 Å². The molecule has 2 heterocycles. The van der Waals surface area contributed by atoms with Crippen LogP contribution in [0.2, 0.25) is 5.15 Å². The topological polar surface area (TPSA) is 107 Å². The van der Waals surface area contributed by atoms with Crippen LogP contribution in [0.25, 0.3) is 10.9 Å². The molecule has 34 heavy (non-hydrogen) atoms. The summed E-state index contributed by atoms with van der Waals surface area (Å²) in [6.07, 6.45) is 1.76. The summed E-state index contributed by atoms with van der Waals surface area (Å²) in [6.45, 7) is 5.79. The third-order valence-electron chi connectivity index (χ3n) is 4.92. The molecule has 10 heteroatoms. The number of halogens is 1. The van der Waals surface area contributed by atoms with Gasteiger partial charge < -0.3 is 20.1 Å². The van der Waals surface area contributed by atoms with Crippen molar-refractivity contribution in [3.8, 4) is 0 Å². The van der Waals surface area contributed by atoms with E-state index in [0.717, 1.165) is 16.5 Å². The number of nitrogens with zero attached hydrogens (tertiary/aromatic N) is 3. The second-order valence-corrected chi connectivity index (χ2v) is 9.23. The SMILES string of the molecule is Cn1ncc2cc(Cl)nc(CNC(=O)OCCCC(NC(=O)OC(C)(C)C)c3ccccc3)c21. The number of rotatable bonds is 8. The predicted molar refractivity (Wildman–Crippen MR) is 129 cm³/mol. The number of ether oxygens (including phenoxy) is 2. The van der Waals surface area contributed by atoms with E-state index >= 15 is 0 Å². The Morgan fingerprint density at radius 3 is 2.62 bits per heavy atom. The number of carbonyl (C=O) groups is 2. The third-order valence-corrected chi connectivity index (χ3v) is 5.11. The number of benzene rings is 1. The van der Waals surface area contributed by atoms with Gasteiger partial charge in [-0.25, -0.2) is 14.6 Å². The maximum atomic E-state index is 12.3. The van der Waals surface area contributed by atoms with Crippen LogP contribution in [-0.2, 0) is 23.1 Å². The van der Waals surface area contributed by atoms with Crippen LogP contribution < -0.4 is 10.6 Å². The molecular formula is C24H30ClN5O4. The summed E-state index contributed by atoms with van der Waals surface area (Å²) in [5.41, 5.74) is 1.75. The molecule has 9 nitrogen and oxygen atoms in total. The zero-order valence-corrected chi connectivity index (χ0v) is 20.6. The van der Waals surface area contributed by atoms with Gasteiger partial charge in [0, 0.05) is 12.4 Å². The molecule has 2 aromatic heterocycles. The van der Waals surface area contributed by atoms with Gasteiger partial charge in [-0.2, -0.15) is 5.10 Å². The first-order chi connectivity index (χ1) is 16.1. The average molecular weight is 488 g/mol. The van der Waals surface area contributed by atoms with Gasteiger partial charge in [0.2, 0.25) is 0 Å². The summed E-state index contributed by atoms with van der Waals surface area (Å²) in [5.74, 6) is 0. The highest BCUT2D eigenvalue weighted by Gasteiger charge is 2.20. The van der Waals surface area contributed by atoms with E-state index in [-0.39, 0.29) is 19.2 Å². The molecule has 0 spiro atoms. The Kier molecular flexibility index (Phi) is 8.33. The quantitative estimate of drug-likeness (QED) is 0.346. The Bertz CT molecular complexity index is 1130. The Hall–Kier alpha value is -3.33. The monoisotopic (exact) mass is 487 g/mol. The summed E-state index contributed by atoms with van der Waals surface area (Å²) in [6, 6.07) is 11.1. The highest BCUT2D eigenvalue weighted by molar-refractivity contribution is 6.30. The van der Waals surface area contributed by atoms with E-state index in [1.807, 2.05) is 51.1 Å². The van der Waals surface area contributed by atoms with Crippen LogP contribution in [-0.4, -0.2) is 39.2 Å². The standard InChI is InChI=1S/C24H30ClN5O4/c1-24(2,3)34-23(32)29-18(16-9-6-5-7-10-16)11-8-12-33-22(31)26-15-19-21-17(13-20(25)28-19)14-27-30(21)4/h5-7,9-10,13-14,18H,8,11-12,15H2,1-4H3,(H,26,31)(H,29,32). The third kappa shape index (κ3) is 7.34. The van der Waals surface area contributed by atoms with Gasteiger partial charge in [-0.1, -0.05) is 41.9 Å². The second-order valence-electron chi connectivity index (χ2n) is 8.84. The molecule has 3 aromatic rings. The minimum absolute atomic E-state index is 0.155. The summed E-state index contributed by atoms with van der Waals surface area (Å²) >= 11 is 6.07. The fourth-order valence-electron chi connectivity index (χ4n) is 3.50. The first kappa shape index (κ1) is 25.3. The number of pyridine rings is 1. The molecule has 1 unspecified atom stereocenters. The lowest BCUT2D eigenvalue weighted by molar-refractivity contribution is 0.0497. The lowest BCUT2D eigenvalue weighted by Gasteiger charge is -2.24. The van der Waals surface area contributed by atoms with Gasteiger partial charge in [-0.05, 0) is 45.2 Å². The highest BCUT2D eigenvalue weighted by Crippen LogP contribution is 2.21. The van der Waals surface area contributed by atoms with Crippen molar-refractivity contribution in [3.05, 3.63) is 59.0 Å². The first-order valence-corrected chi connectivity index (χ1v) is 11.4. The first-order valence-electron chi connectivity index (χ1n) is 11.0. The molecule has 2 amide bonds. The minimum atomic E-state index is -0.592. The van der Waals surface area contributed by atoms with E-state index in [1.165, 1.54) is 0 Å². The Morgan fingerprint density at radius 2 is 1.91 bits per heavy atom. The van der Waals surface area contributed by atoms with E-state index in [2.05, 4.69) is 20.7 Å². The van der Waals surface area contributed by atoms with Gasteiger partial charge >= 0.3 is 12.2 Å². The minimum Gasteiger partial charge on any atom is -0.450 e. The molecule has 0 saturated heterocycles. The number of aromatic nitrogens is 3. The second kappa shape index (κ2) is 11.2. The number of aryl methyl sites for hydroxylation is 1. The molecule has 0 bridgehead atoms. The molecule has 2 N–H and O–H groups in total. The van der Waals surface area contributed by atoms with E-state index in [9.17, 15) is 9.59 Å². The average Bonchev–Trinajstić information content (AvgIpc) is 3.14. The van der Waals surface area contributed by atoms with Gasteiger partial charge in [0.25, 0.3) is 0 Å². The largest absolute Gasteiger partial charge is 0.450 e. The van der Waals surface area contributed by atoms with Crippen LogP contribution in [0.3, 0.4) is 0 Å². The number of carbonyl (C=O) groups excluding carboxylic acids is 2. The van der Waals surface area contributed by atoms with E-state index in [1.54, 1.807) is 24.0 Å². The fraction of sp³-hybridized carbons (Fsp3) is 0.417. The smallest absolute Gasteiger partial charge is 0.408 e. The fourth-order valence-corrected chi connectivity index (χ4v) is 3.72. The van der Waals surface area contributed by atoms with Gasteiger partial charge in [0.05, 0.1) is 36.6 Å². The summed E-state index contributed by atoms with van der Waals surface area (Å²) in [7, 11) is 1.80. The number of fused-ring (bicyclic) bond motifs is 1. The van der Waals surface area contributed by atoms with Gasteiger partial charge in [0.15, 0.2) is 0 Å². The molecule has 0 aliphatic heterocycles. The van der Waals surface area contributed by atoms with Crippen LogP contribution in [0.1, 0.15) is 50.9 Å². The van der Waals surface area contributed by atoms with E-state index in [0.29, 0.717) is 23.7 Å². The number of amides is 2. The van der Waals surface area contributed by atoms with Crippen molar-refractivity contribution in [2.45, 2.75) is 51.8 Å². The lowest BCUT2D eigenvalue weighted by Crippen LogP contribution is -2.35. The van der Waals surface area contributed by atoms with E-state index < -0.39 is 17.8 Å². The maximum Gasteiger partial charge on any atom is 0.408 e. The molecule has 0 radical (unpaired) electrons. The molecule has 0 saturated carbocycles. The zero-order chi connectivity index (χ0) is 24.7. The highest BCUT2D eigenvalue weighted by atomic mass is 35.5. The molecule has 0 aliphatic rings. The maximum absolute atomic E-state index is 12.3. The molecule has 1 aromatic carbocycles. The predicted octanol–water partition coefficient (Wildman–Crippen LogP) is 4.89. The van der Waals surface area contributed by atoms with Gasteiger partial charge in [0.1, 0.15) is 10.8 Å². The lowest BCUT2D eigenvalue weighted by atomic mass is 10.0.